The van der Waals surface area contributed by atoms with E-state index in [1.54, 1.807) is 6.20 Å². The van der Waals surface area contributed by atoms with Gasteiger partial charge in [-0.3, -0.25) is 0 Å². The summed E-state index contributed by atoms with van der Waals surface area (Å²) in [5.74, 6) is 0.836. The number of hydrogen-bond acceptors (Lipinski definition) is 4. The van der Waals surface area contributed by atoms with Crippen molar-refractivity contribution < 1.29 is 0 Å². The number of anilines is 2. The molecule has 0 saturated carbocycles. The number of hydrogen-bond donors (Lipinski definition) is 2. The Labute approximate surface area is 126 Å². The first kappa shape index (κ1) is 14.3. The third-order valence-electron chi connectivity index (χ3n) is 3.20. The molecule has 0 amide bonds. The van der Waals surface area contributed by atoms with Gasteiger partial charge in [0, 0.05) is 9.75 Å². The minimum Gasteiger partial charge on any atom is -0.397 e. The van der Waals surface area contributed by atoms with Gasteiger partial charge in [0.15, 0.2) is 0 Å². The Bertz CT molecular complexity index is 607. The zero-order valence-electron chi connectivity index (χ0n) is 11.5. The first-order chi connectivity index (χ1) is 8.90. The van der Waals surface area contributed by atoms with E-state index >= 15 is 0 Å². The van der Waals surface area contributed by atoms with Crippen molar-refractivity contribution in [1.29, 1.82) is 0 Å². The van der Waals surface area contributed by atoms with Crippen LogP contribution in [-0.2, 0) is 0 Å². The molecule has 2 aromatic rings. The van der Waals surface area contributed by atoms with Crippen LogP contribution in [0.25, 0.3) is 0 Å². The summed E-state index contributed by atoms with van der Waals surface area (Å²) in [5, 5.41) is 3.44. The fourth-order valence-corrected chi connectivity index (χ4v) is 3.52. The lowest BCUT2D eigenvalue weighted by atomic mass is 10.1. The molecule has 2 aromatic heterocycles. The second-order valence-corrected chi connectivity index (χ2v) is 6.99. The lowest BCUT2D eigenvalue weighted by molar-refractivity contribution is 0.869. The Morgan fingerprint density at radius 2 is 2.05 bits per heavy atom. The molecule has 1 atom stereocenters. The number of rotatable bonds is 3. The van der Waals surface area contributed by atoms with E-state index in [4.69, 9.17) is 5.73 Å². The molecule has 0 saturated heterocycles. The van der Waals surface area contributed by atoms with Crippen LogP contribution in [-0.4, -0.2) is 4.98 Å². The fourth-order valence-electron chi connectivity index (χ4n) is 2.06. The number of nitrogens with one attached hydrogen (secondary N) is 1. The van der Waals surface area contributed by atoms with E-state index in [9.17, 15) is 0 Å². The highest BCUT2D eigenvalue weighted by molar-refractivity contribution is 9.10. The Kier molecular flexibility index (Phi) is 4.16. The molecule has 2 heterocycles. The third kappa shape index (κ3) is 2.92. The second kappa shape index (κ2) is 5.51. The molecule has 1 unspecified atom stereocenters. The molecular weight excluding hydrogens is 322 g/mol. The number of nitrogens with zero attached hydrogens (tertiary/aromatic N) is 1. The summed E-state index contributed by atoms with van der Waals surface area (Å²) in [7, 11) is 0. The number of pyridine rings is 1. The highest BCUT2D eigenvalue weighted by Crippen LogP contribution is 2.32. The number of halogens is 1. The molecule has 0 aliphatic rings. The lowest BCUT2D eigenvalue weighted by Gasteiger charge is -2.17. The smallest absolute Gasteiger partial charge is 0.141 e. The van der Waals surface area contributed by atoms with Crippen LogP contribution in [0.15, 0.2) is 16.7 Å². The summed E-state index contributed by atoms with van der Waals surface area (Å²) in [6, 6.07) is 2.45. The minimum atomic E-state index is 0.219. The molecule has 0 aromatic carbocycles. The molecule has 0 aliphatic carbocycles. The quantitative estimate of drug-likeness (QED) is 0.859. The summed E-state index contributed by atoms with van der Waals surface area (Å²) in [6.07, 6.45) is 1.70. The summed E-state index contributed by atoms with van der Waals surface area (Å²) in [6.45, 7) is 8.42. The number of nitrogen functional groups attached to an aromatic ring is 1. The molecule has 3 nitrogen and oxygen atoms in total. The van der Waals surface area contributed by atoms with Crippen molar-refractivity contribution in [3.63, 3.8) is 0 Å². The number of nitrogens with two attached hydrogens (primary N) is 1. The summed E-state index contributed by atoms with van der Waals surface area (Å²) >= 11 is 5.38. The molecule has 19 heavy (non-hydrogen) atoms. The number of thiophene rings is 1. The van der Waals surface area contributed by atoms with Crippen molar-refractivity contribution >= 4 is 38.8 Å². The highest BCUT2D eigenvalue weighted by atomic mass is 79.9. The van der Waals surface area contributed by atoms with E-state index in [0.717, 1.165) is 15.9 Å². The molecule has 2 rings (SSSR count). The van der Waals surface area contributed by atoms with E-state index in [2.05, 4.69) is 53.1 Å². The molecule has 0 bridgehead atoms. The molecule has 0 spiro atoms. The fraction of sp³-hybridized carbons (Fsp3) is 0.357. The normalized spacial score (nSPS) is 12.5. The summed E-state index contributed by atoms with van der Waals surface area (Å²) in [4.78, 5) is 7.04. The van der Waals surface area contributed by atoms with E-state index in [-0.39, 0.29) is 6.04 Å². The van der Waals surface area contributed by atoms with E-state index in [1.165, 1.54) is 15.3 Å². The molecule has 5 heteroatoms. The van der Waals surface area contributed by atoms with Gasteiger partial charge in [-0.1, -0.05) is 0 Å². The molecule has 0 fully saturated rings. The van der Waals surface area contributed by atoms with Gasteiger partial charge in [0.05, 0.1) is 22.4 Å². The van der Waals surface area contributed by atoms with Crippen molar-refractivity contribution in [2.24, 2.45) is 0 Å². The summed E-state index contributed by atoms with van der Waals surface area (Å²) < 4.78 is 0.934. The predicted molar refractivity (Wildman–Crippen MR) is 86.9 cm³/mol. The van der Waals surface area contributed by atoms with E-state index < -0.39 is 0 Å². The van der Waals surface area contributed by atoms with Crippen LogP contribution in [0.2, 0.25) is 0 Å². The van der Waals surface area contributed by atoms with Crippen LogP contribution < -0.4 is 11.1 Å². The minimum absolute atomic E-state index is 0.219. The van der Waals surface area contributed by atoms with Gasteiger partial charge in [0.2, 0.25) is 0 Å². The predicted octanol–water partition coefficient (Wildman–Crippen LogP) is 4.59. The van der Waals surface area contributed by atoms with Crippen LogP contribution in [0.5, 0.6) is 0 Å². The van der Waals surface area contributed by atoms with Gasteiger partial charge in [0.1, 0.15) is 5.82 Å². The maximum Gasteiger partial charge on any atom is 0.141 e. The summed E-state index contributed by atoms with van der Waals surface area (Å²) in [5.41, 5.74) is 8.88. The molecule has 102 valence electrons. The van der Waals surface area contributed by atoms with Gasteiger partial charge >= 0.3 is 0 Å². The number of aryl methyl sites for hydroxylation is 2. The molecule has 0 radical (unpaired) electrons. The van der Waals surface area contributed by atoms with E-state index in [0.29, 0.717) is 5.69 Å². The average molecular weight is 340 g/mol. The van der Waals surface area contributed by atoms with Gasteiger partial charge in [-0.2, -0.15) is 0 Å². The van der Waals surface area contributed by atoms with Crippen molar-refractivity contribution in [2.75, 3.05) is 11.1 Å². The van der Waals surface area contributed by atoms with Crippen LogP contribution >= 0.6 is 27.3 Å². The van der Waals surface area contributed by atoms with Gasteiger partial charge in [-0.15, -0.1) is 11.3 Å². The first-order valence-electron chi connectivity index (χ1n) is 6.14. The topological polar surface area (TPSA) is 50.9 Å². The van der Waals surface area contributed by atoms with Crippen molar-refractivity contribution in [3.05, 3.63) is 37.6 Å². The van der Waals surface area contributed by atoms with Gasteiger partial charge in [-0.25, -0.2) is 4.98 Å². The van der Waals surface area contributed by atoms with Gasteiger partial charge in [0.25, 0.3) is 0 Å². The average Bonchev–Trinajstić information content (AvgIpc) is 2.69. The first-order valence-corrected chi connectivity index (χ1v) is 7.75. The Morgan fingerprint density at radius 3 is 2.63 bits per heavy atom. The van der Waals surface area contributed by atoms with Gasteiger partial charge in [-0.05, 0) is 60.8 Å². The maximum atomic E-state index is 5.84. The largest absolute Gasteiger partial charge is 0.397 e. The SMILES string of the molecule is Cc1cc(C(C)Nc2ncc(N)c(C)c2Br)c(C)s1. The Balaban J connectivity index is 2.27. The van der Waals surface area contributed by atoms with Crippen LogP contribution in [0.4, 0.5) is 11.5 Å². The Morgan fingerprint density at radius 1 is 1.37 bits per heavy atom. The molecule has 3 N–H and O–H groups in total. The third-order valence-corrected chi connectivity index (χ3v) is 5.15. The molecule has 0 aliphatic heterocycles. The Hall–Kier alpha value is -1.07. The molecular formula is C14H18BrN3S. The standard InChI is InChI=1S/C14H18BrN3S/c1-7-5-11(10(4)19-7)9(3)18-14-13(15)8(2)12(16)6-17-14/h5-6,9H,16H2,1-4H3,(H,17,18). The number of aromatic nitrogens is 1. The van der Waals surface area contributed by atoms with Crippen LogP contribution in [0.3, 0.4) is 0 Å². The maximum absolute atomic E-state index is 5.84. The highest BCUT2D eigenvalue weighted by Gasteiger charge is 2.14. The van der Waals surface area contributed by atoms with Crippen molar-refractivity contribution in [1.82, 2.24) is 4.98 Å². The zero-order valence-corrected chi connectivity index (χ0v) is 13.9. The van der Waals surface area contributed by atoms with Crippen LogP contribution in [0, 0.1) is 20.8 Å². The van der Waals surface area contributed by atoms with Crippen molar-refractivity contribution in [2.45, 2.75) is 33.7 Å². The van der Waals surface area contributed by atoms with Crippen LogP contribution in [0.1, 0.15) is 33.8 Å². The zero-order chi connectivity index (χ0) is 14.2. The monoisotopic (exact) mass is 339 g/mol. The van der Waals surface area contributed by atoms with E-state index in [1.807, 2.05) is 18.3 Å². The van der Waals surface area contributed by atoms with Gasteiger partial charge < -0.3 is 11.1 Å². The lowest BCUT2D eigenvalue weighted by Crippen LogP contribution is -2.09. The van der Waals surface area contributed by atoms with Crippen molar-refractivity contribution in [3.8, 4) is 0 Å². The second-order valence-electron chi connectivity index (χ2n) is 4.74.